The van der Waals surface area contributed by atoms with E-state index in [2.05, 4.69) is 12.1 Å². The molecule has 6 heteroatoms. The van der Waals surface area contributed by atoms with Gasteiger partial charge in [0.1, 0.15) is 11.3 Å². The van der Waals surface area contributed by atoms with Crippen molar-refractivity contribution in [3.05, 3.63) is 75.6 Å². The van der Waals surface area contributed by atoms with Gasteiger partial charge in [0, 0.05) is 29.5 Å². The molecule has 0 unspecified atom stereocenters. The van der Waals surface area contributed by atoms with E-state index < -0.39 is 11.7 Å². The summed E-state index contributed by atoms with van der Waals surface area (Å²) < 4.78 is 12.0. The molecule has 0 bridgehead atoms. The Bertz CT molecular complexity index is 1380. The van der Waals surface area contributed by atoms with Gasteiger partial charge in [0.25, 0.3) is 5.91 Å². The molecule has 0 radical (unpaired) electrons. The van der Waals surface area contributed by atoms with Gasteiger partial charge in [0.2, 0.25) is 0 Å². The predicted octanol–water partition coefficient (Wildman–Crippen LogP) is 5.72. The summed E-state index contributed by atoms with van der Waals surface area (Å²) in [6.45, 7) is 2.46. The maximum Gasteiger partial charge on any atom is 0.339 e. The number of ether oxygens (including phenoxy) is 1. The van der Waals surface area contributed by atoms with Gasteiger partial charge >= 0.3 is 5.63 Å². The number of piperidine rings is 1. The number of likely N-dealkylation sites (tertiary alicyclic amines) is 1. The van der Waals surface area contributed by atoms with Gasteiger partial charge in [-0.25, -0.2) is 4.79 Å². The minimum Gasteiger partial charge on any atom is -0.480 e. The zero-order valence-corrected chi connectivity index (χ0v) is 22.2. The molecule has 1 saturated heterocycles. The van der Waals surface area contributed by atoms with Crippen LogP contribution in [0.3, 0.4) is 0 Å². The summed E-state index contributed by atoms with van der Waals surface area (Å²) in [5, 5.41) is 12.5. The minimum absolute atomic E-state index is 0.00924. The van der Waals surface area contributed by atoms with Crippen LogP contribution in [-0.4, -0.2) is 34.2 Å². The lowest BCUT2D eigenvalue weighted by Crippen LogP contribution is -2.58. The molecule has 6 rings (SSSR count). The molecular weight excluding hydrogens is 478 g/mol. The Morgan fingerprint density at radius 2 is 1.87 bits per heavy atom. The van der Waals surface area contributed by atoms with Gasteiger partial charge in [0.15, 0.2) is 6.10 Å². The monoisotopic (exact) mass is 515 g/mol. The molecule has 2 aromatic carbocycles. The number of aryl methyl sites for hydroxylation is 1. The van der Waals surface area contributed by atoms with Gasteiger partial charge in [-0.1, -0.05) is 50.1 Å². The number of benzene rings is 2. The summed E-state index contributed by atoms with van der Waals surface area (Å²) in [4.78, 5) is 28.6. The van der Waals surface area contributed by atoms with Crippen molar-refractivity contribution in [2.24, 2.45) is 5.92 Å². The van der Waals surface area contributed by atoms with Crippen LogP contribution in [0.25, 0.3) is 11.0 Å². The van der Waals surface area contributed by atoms with E-state index in [4.69, 9.17) is 9.15 Å². The van der Waals surface area contributed by atoms with Crippen LogP contribution in [0.15, 0.2) is 57.7 Å². The lowest BCUT2D eigenvalue weighted by molar-refractivity contribution is -0.161. The third-order valence-corrected chi connectivity index (χ3v) is 9.11. The van der Waals surface area contributed by atoms with Crippen molar-refractivity contribution in [3.8, 4) is 5.75 Å². The number of hydrogen-bond acceptors (Lipinski definition) is 5. The summed E-state index contributed by atoms with van der Waals surface area (Å²) in [5.41, 5.74) is 2.50. The highest BCUT2D eigenvalue weighted by molar-refractivity contribution is 5.84. The molecule has 0 spiro atoms. The Hall–Kier alpha value is -3.12. The highest BCUT2D eigenvalue weighted by Gasteiger charge is 2.50. The first-order valence-electron chi connectivity index (χ1n) is 14.3. The van der Waals surface area contributed by atoms with Crippen LogP contribution >= 0.6 is 0 Å². The van der Waals surface area contributed by atoms with E-state index >= 15 is 0 Å². The van der Waals surface area contributed by atoms with Crippen molar-refractivity contribution in [1.29, 1.82) is 0 Å². The quantitative estimate of drug-likeness (QED) is 0.440. The average molecular weight is 516 g/mol. The van der Waals surface area contributed by atoms with Crippen molar-refractivity contribution in [2.45, 2.75) is 88.9 Å². The van der Waals surface area contributed by atoms with E-state index in [0.29, 0.717) is 30.7 Å². The summed E-state index contributed by atoms with van der Waals surface area (Å²) in [5.74, 6) is 0.481. The fourth-order valence-electron chi connectivity index (χ4n) is 7.15. The molecule has 2 aliphatic carbocycles. The summed E-state index contributed by atoms with van der Waals surface area (Å²) in [7, 11) is 0. The van der Waals surface area contributed by atoms with E-state index in [9.17, 15) is 14.7 Å². The van der Waals surface area contributed by atoms with E-state index in [-0.39, 0.29) is 23.5 Å². The normalized spacial score (nSPS) is 25.9. The largest absolute Gasteiger partial charge is 0.480 e. The van der Waals surface area contributed by atoms with E-state index in [1.54, 1.807) is 6.07 Å². The van der Waals surface area contributed by atoms with Crippen LogP contribution in [0.5, 0.6) is 5.75 Å². The highest BCUT2D eigenvalue weighted by atomic mass is 16.5. The summed E-state index contributed by atoms with van der Waals surface area (Å²) in [6, 6.07) is 15.6. The summed E-state index contributed by atoms with van der Waals surface area (Å²) >= 11 is 0. The van der Waals surface area contributed by atoms with Crippen molar-refractivity contribution in [2.75, 3.05) is 6.54 Å². The first-order valence-corrected chi connectivity index (χ1v) is 14.3. The van der Waals surface area contributed by atoms with Crippen molar-refractivity contribution in [3.63, 3.8) is 0 Å². The number of nitrogens with zero attached hydrogens (tertiary/aromatic N) is 1. The molecule has 3 aromatic rings. The third-order valence-electron chi connectivity index (χ3n) is 9.11. The van der Waals surface area contributed by atoms with Gasteiger partial charge in [-0.3, -0.25) is 4.79 Å². The van der Waals surface area contributed by atoms with Gasteiger partial charge < -0.3 is 19.2 Å². The molecule has 4 atom stereocenters. The van der Waals surface area contributed by atoms with Crippen molar-refractivity contribution in [1.82, 2.24) is 4.90 Å². The Labute approximate surface area is 223 Å². The Morgan fingerprint density at radius 1 is 1.08 bits per heavy atom. The standard InChI is InChI=1S/C32H37NO5/c1-2-27(37-22-15-16-24-23-12-6-7-13-25(23)31(35)38-28(24)20-22)30(34)33-19-18-32(36)17-9-8-14-26(32)29(33)21-10-4-3-5-11-21/h3-5,10-11,15-16,20,26-27,29,36H,2,6-9,12-14,17-19H2,1H3/t26-,27-,29+,32+/m1/s1. The lowest BCUT2D eigenvalue weighted by Gasteiger charge is -2.53. The van der Waals surface area contributed by atoms with E-state index in [0.717, 1.165) is 73.4 Å². The molecule has 1 amide bonds. The first-order chi connectivity index (χ1) is 18.5. The molecule has 1 saturated carbocycles. The average Bonchev–Trinajstić information content (AvgIpc) is 2.95. The second kappa shape index (κ2) is 10.2. The second-order valence-electron chi connectivity index (χ2n) is 11.3. The van der Waals surface area contributed by atoms with Gasteiger partial charge in [-0.05, 0) is 74.6 Å². The number of fused-ring (bicyclic) bond motifs is 4. The molecule has 1 aromatic heterocycles. The number of hydrogen-bond donors (Lipinski definition) is 1. The fourth-order valence-corrected chi connectivity index (χ4v) is 7.15. The summed E-state index contributed by atoms with van der Waals surface area (Å²) in [6.07, 6.45) is 7.99. The Kier molecular flexibility index (Phi) is 6.77. The topological polar surface area (TPSA) is 80.0 Å². The molecule has 1 aliphatic heterocycles. The highest BCUT2D eigenvalue weighted by Crippen LogP contribution is 2.49. The molecule has 1 N–H and O–H groups in total. The third kappa shape index (κ3) is 4.43. The fraction of sp³-hybridized carbons (Fsp3) is 0.500. The van der Waals surface area contributed by atoms with Crippen LogP contribution in [-0.2, 0) is 17.6 Å². The Balaban J connectivity index is 1.29. The van der Waals surface area contributed by atoms with Crippen LogP contribution in [0.1, 0.15) is 81.0 Å². The van der Waals surface area contributed by atoms with Crippen molar-refractivity contribution < 1.29 is 19.1 Å². The maximum atomic E-state index is 14.1. The van der Waals surface area contributed by atoms with Crippen LogP contribution in [0.2, 0.25) is 0 Å². The van der Waals surface area contributed by atoms with Gasteiger partial charge in [-0.2, -0.15) is 0 Å². The zero-order chi connectivity index (χ0) is 26.3. The molecule has 2 fully saturated rings. The molecule has 2 heterocycles. The van der Waals surface area contributed by atoms with Crippen LogP contribution in [0, 0.1) is 5.92 Å². The zero-order valence-electron chi connectivity index (χ0n) is 22.2. The van der Waals surface area contributed by atoms with Gasteiger partial charge in [0.05, 0.1) is 11.6 Å². The number of carbonyl (C=O) groups is 1. The number of aliphatic hydroxyl groups is 1. The number of carbonyl (C=O) groups excluding carboxylic acids is 1. The SMILES string of the molecule is CC[C@@H](Oc1ccc2c3c(c(=O)oc2c1)CCCC3)C(=O)N1CC[C@@]2(O)CCCC[C@@H]2[C@@H]1c1ccccc1. The minimum atomic E-state index is -0.729. The molecular formula is C32H37NO5. The van der Waals surface area contributed by atoms with Crippen LogP contribution < -0.4 is 10.4 Å². The number of amides is 1. The second-order valence-corrected chi connectivity index (χ2v) is 11.3. The molecule has 200 valence electrons. The van der Waals surface area contributed by atoms with E-state index in [1.165, 1.54) is 0 Å². The first kappa shape index (κ1) is 25.2. The molecule has 6 nitrogen and oxygen atoms in total. The number of rotatable bonds is 5. The molecule has 38 heavy (non-hydrogen) atoms. The molecule has 3 aliphatic rings. The van der Waals surface area contributed by atoms with Gasteiger partial charge in [-0.15, -0.1) is 0 Å². The Morgan fingerprint density at radius 3 is 2.66 bits per heavy atom. The lowest BCUT2D eigenvalue weighted by atomic mass is 9.66. The maximum absolute atomic E-state index is 14.1. The predicted molar refractivity (Wildman–Crippen MR) is 146 cm³/mol. The van der Waals surface area contributed by atoms with Crippen LogP contribution in [0.4, 0.5) is 0 Å². The van der Waals surface area contributed by atoms with Crippen molar-refractivity contribution >= 4 is 16.9 Å². The van der Waals surface area contributed by atoms with E-state index in [1.807, 2.05) is 42.2 Å². The smallest absolute Gasteiger partial charge is 0.339 e.